The first kappa shape index (κ1) is 18.8. The van der Waals surface area contributed by atoms with Crippen LogP contribution >= 0.6 is 0 Å². The first-order chi connectivity index (χ1) is 12.9. The van der Waals surface area contributed by atoms with Crippen LogP contribution in [-0.2, 0) is 9.53 Å². The van der Waals surface area contributed by atoms with Gasteiger partial charge in [0.15, 0.2) is 6.10 Å². The quantitative estimate of drug-likeness (QED) is 0.886. The van der Waals surface area contributed by atoms with Crippen molar-refractivity contribution in [1.82, 2.24) is 4.90 Å². The topological polar surface area (TPSA) is 76.1 Å². The Morgan fingerprint density at radius 3 is 2.59 bits per heavy atom. The third-order valence-corrected chi connectivity index (χ3v) is 4.32. The van der Waals surface area contributed by atoms with Crippen LogP contribution in [0.2, 0.25) is 0 Å². The van der Waals surface area contributed by atoms with Crippen molar-refractivity contribution >= 4 is 11.9 Å². The smallest absolute Gasteiger partial charge is 0.334 e. The van der Waals surface area contributed by atoms with E-state index < -0.39 is 29.6 Å². The van der Waals surface area contributed by atoms with Crippen LogP contribution < -0.4 is 4.74 Å². The van der Waals surface area contributed by atoms with Crippen molar-refractivity contribution in [2.75, 3.05) is 26.8 Å². The molecule has 0 bridgehead atoms. The van der Waals surface area contributed by atoms with Crippen LogP contribution in [0, 0.1) is 11.6 Å². The molecule has 1 atom stereocenters. The number of carboxylic acid groups (broad SMARTS) is 1. The van der Waals surface area contributed by atoms with Crippen LogP contribution in [0.25, 0.3) is 11.1 Å². The molecule has 1 fully saturated rings. The molecule has 27 heavy (non-hydrogen) atoms. The first-order valence-electron chi connectivity index (χ1n) is 8.18. The van der Waals surface area contributed by atoms with E-state index >= 15 is 0 Å². The van der Waals surface area contributed by atoms with Gasteiger partial charge in [-0.25, -0.2) is 13.6 Å². The maximum atomic E-state index is 14.5. The molecule has 0 aliphatic carbocycles. The third-order valence-electron chi connectivity index (χ3n) is 4.32. The van der Waals surface area contributed by atoms with Gasteiger partial charge in [0.25, 0.3) is 5.91 Å². The van der Waals surface area contributed by atoms with E-state index in [1.807, 2.05) is 0 Å². The molecule has 2 aromatic carbocycles. The maximum Gasteiger partial charge on any atom is 0.334 e. The predicted molar refractivity (Wildman–Crippen MR) is 91.6 cm³/mol. The van der Waals surface area contributed by atoms with E-state index in [0.29, 0.717) is 5.75 Å². The molecule has 0 radical (unpaired) electrons. The summed E-state index contributed by atoms with van der Waals surface area (Å²) in [6, 6.07) is 7.98. The van der Waals surface area contributed by atoms with Gasteiger partial charge in [-0.1, -0.05) is 6.07 Å². The summed E-state index contributed by atoms with van der Waals surface area (Å²) in [5, 5.41) is 9.01. The highest BCUT2D eigenvalue weighted by Crippen LogP contribution is 2.28. The number of carboxylic acids is 1. The number of benzene rings is 2. The van der Waals surface area contributed by atoms with Gasteiger partial charge in [0.2, 0.25) is 0 Å². The highest BCUT2D eigenvalue weighted by Gasteiger charge is 2.30. The number of rotatable bonds is 4. The monoisotopic (exact) mass is 377 g/mol. The van der Waals surface area contributed by atoms with E-state index in [9.17, 15) is 18.4 Å². The van der Waals surface area contributed by atoms with Crippen LogP contribution in [-0.4, -0.2) is 54.8 Å². The molecule has 1 aliphatic rings. The highest BCUT2D eigenvalue weighted by molar-refractivity contribution is 5.95. The molecule has 142 valence electrons. The van der Waals surface area contributed by atoms with Crippen molar-refractivity contribution in [3.05, 3.63) is 53.6 Å². The molecular formula is C19H17F2NO5. The molecule has 2 aromatic rings. The molecule has 8 heteroatoms. The third kappa shape index (κ3) is 3.90. The van der Waals surface area contributed by atoms with Crippen molar-refractivity contribution in [1.29, 1.82) is 0 Å². The van der Waals surface area contributed by atoms with Crippen molar-refractivity contribution in [3.8, 4) is 16.9 Å². The average molecular weight is 377 g/mol. The van der Waals surface area contributed by atoms with Gasteiger partial charge in [-0.3, -0.25) is 4.79 Å². The Morgan fingerprint density at radius 2 is 1.96 bits per heavy atom. The SMILES string of the molecule is COc1ccc(-c2ccc(C(=O)N3CCO[C@H](C(=O)O)C3)c(F)c2)c(F)c1. The van der Waals surface area contributed by atoms with Gasteiger partial charge in [0.1, 0.15) is 17.4 Å². The zero-order chi connectivity index (χ0) is 19.6. The number of amides is 1. The number of methoxy groups -OCH3 is 1. The molecule has 0 saturated carbocycles. The zero-order valence-corrected chi connectivity index (χ0v) is 14.4. The largest absolute Gasteiger partial charge is 0.497 e. The minimum Gasteiger partial charge on any atom is -0.497 e. The molecule has 1 heterocycles. The Morgan fingerprint density at radius 1 is 1.19 bits per heavy atom. The molecule has 6 nitrogen and oxygen atoms in total. The minimum atomic E-state index is -1.18. The van der Waals surface area contributed by atoms with E-state index in [0.717, 1.165) is 6.07 Å². The summed E-state index contributed by atoms with van der Waals surface area (Å²) in [5.74, 6) is -2.87. The molecule has 0 unspecified atom stereocenters. The van der Waals surface area contributed by atoms with Gasteiger partial charge < -0.3 is 19.5 Å². The van der Waals surface area contributed by atoms with E-state index in [1.54, 1.807) is 6.07 Å². The van der Waals surface area contributed by atoms with Crippen LogP contribution in [0.3, 0.4) is 0 Å². The summed E-state index contributed by atoms with van der Waals surface area (Å²) in [6.45, 7) is 0.0544. The second-order valence-corrected chi connectivity index (χ2v) is 5.99. The summed E-state index contributed by atoms with van der Waals surface area (Å²) < 4.78 is 38.7. The normalized spacial score (nSPS) is 16.9. The van der Waals surface area contributed by atoms with Crippen molar-refractivity contribution < 1.29 is 33.0 Å². The minimum absolute atomic E-state index is 0.0550. The lowest BCUT2D eigenvalue weighted by atomic mass is 10.0. The number of carbonyl (C=O) groups is 2. The Hall–Kier alpha value is -3.00. The number of aliphatic carboxylic acids is 1. The molecular weight excluding hydrogens is 360 g/mol. The Bertz CT molecular complexity index is 886. The molecule has 0 spiro atoms. The lowest BCUT2D eigenvalue weighted by Gasteiger charge is -2.31. The predicted octanol–water partition coefficient (Wildman–Crippen LogP) is 2.57. The number of halogens is 2. The average Bonchev–Trinajstić information content (AvgIpc) is 2.67. The van der Waals surface area contributed by atoms with Crippen LogP contribution in [0.15, 0.2) is 36.4 Å². The van der Waals surface area contributed by atoms with Crippen molar-refractivity contribution in [3.63, 3.8) is 0 Å². The van der Waals surface area contributed by atoms with Gasteiger partial charge >= 0.3 is 5.97 Å². The van der Waals surface area contributed by atoms with Crippen molar-refractivity contribution in [2.45, 2.75) is 6.10 Å². The first-order valence-corrected chi connectivity index (χ1v) is 8.18. The second kappa shape index (κ2) is 7.71. The number of hydrogen-bond acceptors (Lipinski definition) is 4. The molecule has 1 N–H and O–H groups in total. The molecule has 1 aliphatic heterocycles. The van der Waals surface area contributed by atoms with Gasteiger partial charge in [-0.05, 0) is 29.8 Å². The number of nitrogens with zero attached hydrogens (tertiary/aromatic N) is 1. The molecule has 0 aromatic heterocycles. The summed E-state index contributed by atoms with van der Waals surface area (Å²) in [5.41, 5.74) is 0.235. The van der Waals surface area contributed by atoms with Crippen molar-refractivity contribution in [2.24, 2.45) is 0 Å². The fourth-order valence-electron chi connectivity index (χ4n) is 2.87. The summed E-state index contributed by atoms with van der Waals surface area (Å²) >= 11 is 0. The number of morpholine rings is 1. The van der Waals surface area contributed by atoms with Crippen LogP contribution in [0.5, 0.6) is 5.75 Å². The number of carbonyl (C=O) groups excluding carboxylic acids is 1. The molecule has 3 rings (SSSR count). The van der Waals surface area contributed by atoms with Gasteiger partial charge in [-0.15, -0.1) is 0 Å². The van der Waals surface area contributed by atoms with Crippen LogP contribution in [0.1, 0.15) is 10.4 Å². The Kier molecular flexibility index (Phi) is 5.36. The Labute approximate surface area is 153 Å². The van der Waals surface area contributed by atoms with E-state index in [4.69, 9.17) is 14.6 Å². The number of hydrogen-bond donors (Lipinski definition) is 1. The summed E-state index contributed by atoms with van der Waals surface area (Å²) in [7, 11) is 1.41. The second-order valence-electron chi connectivity index (χ2n) is 5.99. The van der Waals surface area contributed by atoms with E-state index in [2.05, 4.69) is 0 Å². The van der Waals surface area contributed by atoms with Gasteiger partial charge in [0.05, 0.1) is 25.8 Å². The van der Waals surface area contributed by atoms with E-state index in [1.165, 1.54) is 36.3 Å². The standard InChI is InChI=1S/C19H17F2NO5/c1-26-12-3-5-13(16(21)9-12)11-2-4-14(15(20)8-11)18(23)22-6-7-27-17(10-22)19(24)25/h2-5,8-9,17H,6-7,10H2,1H3,(H,24,25)/t17-/m0/s1. The molecule has 1 saturated heterocycles. The summed E-state index contributed by atoms with van der Waals surface area (Å²) in [4.78, 5) is 24.8. The van der Waals surface area contributed by atoms with Crippen LogP contribution in [0.4, 0.5) is 8.78 Å². The molecule has 1 amide bonds. The fraction of sp³-hybridized carbons (Fsp3) is 0.263. The Balaban J connectivity index is 1.84. The van der Waals surface area contributed by atoms with Gasteiger partial charge in [0, 0.05) is 18.2 Å². The lowest BCUT2D eigenvalue weighted by Crippen LogP contribution is -2.48. The maximum absolute atomic E-state index is 14.5. The van der Waals surface area contributed by atoms with Gasteiger partial charge in [-0.2, -0.15) is 0 Å². The van der Waals surface area contributed by atoms with E-state index in [-0.39, 0.29) is 36.4 Å². The fourth-order valence-corrected chi connectivity index (χ4v) is 2.87. The zero-order valence-electron chi connectivity index (χ0n) is 14.4. The lowest BCUT2D eigenvalue weighted by molar-refractivity contribution is -0.154. The highest BCUT2D eigenvalue weighted by atomic mass is 19.1. The number of ether oxygens (including phenoxy) is 2. The summed E-state index contributed by atoms with van der Waals surface area (Å²) in [6.07, 6.45) is -1.14.